The number of rotatable bonds is 9. The Labute approximate surface area is 168 Å². The molecule has 0 saturated carbocycles. The lowest BCUT2D eigenvalue weighted by Gasteiger charge is -2.32. The highest BCUT2D eigenvalue weighted by Crippen LogP contribution is 2.22. The summed E-state index contributed by atoms with van der Waals surface area (Å²) in [4.78, 5) is 34.8. The van der Waals surface area contributed by atoms with E-state index < -0.39 is 0 Å². The van der Waals surface area contributed by atoms with Gasteiger partial charge in [0.1, 0.15) is 5.82 Å². The van der Waals surface area contributed by atoms with Crippen molar-refractivity contribution in [3.05, 3.63) is 40.4 Å². The van der Waals surface area contributed by atoms with Crippen molar-refractivity contribution in [2.24, 2.45) is 5.92 Å². The van der Waals surface area contributed by atoms with E-state index in [0.717, 1.165) is 13.0 Å². The lowest BCUT2D eigenvalue weighted by atomic mass is 10.1. The van der Waals surface area contributed by atoms with Gasteiger partial charge in [0, 0.05) is 26.1 Å². The van der Waals surface area contributed by atoms with E-state index in [1.807, 2.05) is 71.0 Å². The van der Waals surface area contributed by atoms with Gasteiger partial charge < -0.3 is 9.80 Å². The average molecular weight is 387 g/mol. The quantitative estimate of drug-likeness (QED) is 0.663. The van der Waals surface area contributed by atoms with Crippen LogP contribution in [0.2, 0.25) is 0 Å². The van der Waals surface area contributed by atoms with E-state index >= 15 is 0 Å². The molecule has 2 rings (SSSR count). The topological polar surface area (TPSA) is 58.4 Å². The minimum absolute atomic E-state index is 0.0295. The van der Waals surface area contributed by atoms with Crippen LogP contribution in [0.4, 0.5) is 0 Å². The van der Waals surface area contributed by atoms with Crippen molar-refractivity contribution in [3.63, 3.8) is 0 Å². The number of likely N-dealkylation sites (N-methyl/N-ethyl adjacent to an activating group) is 1. The predicted octanol–water partition coefficient (Wildman–Crippen LogP) is 3.30. The van der Waals surface area contributed by atoms with E-state index in [0.29, 0.717) is 36.2 Å². The molecule has 0 aliphatic heterocycles. The number of hydrogen-bond acceptors (Lipinski definition) is 4. The molecule has 28 heavy (non-hydrogen) atoms. The predicted molar refractivity (Wildman–Crippen MR) is 114 cm³/mol. The van der Waals surface area contributed by atoms with Gasteiger partial charge in [0.2, 0.25) is 5.91 Å². The summed E-state index contributed by atoms with van der Waals surface area (Å²) in [5.41, 5.74) is 0.656. The SMILES string of the molecule is CCCn1c(C(C)N(CCN(C)C)C(=O)CC(C)C)nc2ccccc2c1=O. The van der Waals surface area contributed by atoms with Gasteiger partial charge in [-0.2, -0.15) is 0 Å². The molecule has 154 valence electrons. The molecule has 1 aromatic carbocycles. The zero-order valence-electron chi connectivity index (χ0n) is 18.1. The van der Waals surface area contributed by atoms with Crippen LogP contribution in [0.1, 0.15) is 52.4 Å². The van der Waals surface area contributed by atoms with Gasteiger partial charge in [-0.15, -0.1) is 0 Å². The first-order valence-electron chi connectivity index (χ1n) is 10.2. The number of carbonyl (C=O) groups is 1. The lowest BCUT2D eigenvalue weighted by Crippen LogP contribution is -2.41. The minimum atomic E-state index is -0.268. The van der Waals surface area contributed by atoms with Gasteiger partial charge >= 0.3 is 0 Å². The van der Waals surface area contributed by atoms with Crippen molar-refractivity contribution in [3.8, 4) is 0 Å². The Morgan fingerprint density at radius 1 is 1.14 bits per heavy atom. The van der Waals surface area contributed by atoms with Gasteiger partial charge in [-0.05, 0) is 45.5 Å². The highest BCUT2D eigenvalue weighted by atomic mass is 16.2. The fourth-order valence-corrected chi connectivity index (χ4v) is 3.39. The smallest absolute Gasteiger partial charge is 0.261 e. The van der Waals surface area contributed by atoms with Crippen LogP contribution in [0, 0.1) is 5.92 Å². The summed E-state index contributed by atoms with van der Waals surface area (Å²) in [6.45, 7) is 10.1. The molecule has 1 atom stereocenters. The van der Waals surface area contributed by atoms with E-state index in [1.165, 1.54) is 0 Å². The van der Waals surface area contributed by atoms with Crippen molar-refractivity contribution in [2.75, 3.05) is 27.2 Å². The zero-order valence-corrected chi connectivity index (χ0v) is 18.1. The van der Waals surface area contributed by atoms with E-state index in [-0.39, 0.29) is 23.4 Å². The third-order valence-corrected chi connectivity index (χ3v) is 4.87. The molecule has 6 nitrogen and oxygen atoms in total. The molecule has 0 aliphatic rings. The van der Waals surface area contributed by atoms with E-state index in [1.54, 1.807) is 4.57 Å². The molecule has 0 saturated heterocycles. The molecule has 0 aliphatic carbocycles. The Bertz CT molecular complexity index is 857. The van der Waals surface area contributed by atoms with Gasteiger partial charge in [-0.1, -0.05) is 32.9 Å². The molecule has 0 radical (unpaired) electrons. The summed E-state index contributed by atoms with van der Waals surface area (Å²) in [6, 6.07) is 7.17. The van der Waals surface area contributed by atoms with Gasteiger partial charge in [0.15, 0.2) is 0 Å². The maximum atomic E-state index is 13.1. The van der Waals surface area contributed by atoms with Gasteiger partial charge in [-0.25, -0.2) is 4.98 Å². The number of hydrogen-bond donors (Lipinski definition) is 0. The second-order valence-corrected chi connectivity index (χ2v) is 8.11. The fraction of sp³-hybridized carbons (Fsp3) is 0.591. The lowest BCUT2D eigenvalue weighted by molar-refractivity contribution is -0.134. The third-order valence-electron chi connectivity index (χ3n) is 4.87. The van der Waals surface area contributed by atoms with Crippen molar-refractivity contribution < 1.29 is 4.79 Å². The normalized spacial score (nSPS) is 12.7. The second-order valence-electron chi connectivity index (χ2n) is 8.11. The first-order valence-corrected chi connectivity index (χ1v) is 10.2. The molecule has 1 unspecified atom stereocenters. The maximum absolute atomic E-state index is 13.1. The Morgan fingerprint density at radius 2 is 1.82 bits per heavy atom. The minimum Gasteiger partial charge on any atom is -0.331 e. The molecular formula is C22H34N4O2. The number of fused-ring (bicyclic) bond motifs is 1. The number of para-hydroxylation sites is 1. The van der Waals surface area contributed by atoms with Crippen molar-refractivity contribution in [1.82, 2.24) is 19.4 Å². The summed E-state index contributed by atoms with van der Waals surface area (Å²) < 4.78 is 1.75. The molecule has 2 aromatic rings. The standard InChI is InChI=1S/C22H34N4O2/c1-7-12-26-21(23-19-11-9-8-10-18(19)22(26)28)17(4)25(14-13-24(5)6)20(27)15-16(2)3/h8-11,16-17H,7,12-15H2,1-6H3. The van der Waals surface area contributed by atoms with Crippen LogP contribution in [0.15, 0.2) is 29.1 Å². The molecule has 1 amide bonds. The summed E-state index contributed by atoms with van der Waals surface area (Å²) in [5, 5.41) is 0.625. The largest absolute Gasteiger partial charge is 0.331 e. The average Bonchev–Trinajstić information content (AvgIpc) is 2.63. The first-order chi connectivity index (χ1) is 13.3. The second kappa shape index (κ2) is 9.82. The molecule has 0 N–H and O–H groups in total. The molecular weight excluding hydrogens is 352 g/mol. The van der Waals surface area contributed by atoms with E-state index in [9.17, 15) is 9.59 Å². The molecule has 1 aromatic heterocycles. The van der Waals surface area contributed by atoms with Crippen LogP contribution in [0.3, 0.4) is 0 Å². The Morgan fingerprint density at radius 3 is 2.43 bits per heavy atom. The number of aromatic nitrogens is 2. The van der Waals surface area contributed by atoms with Crippen LogP contribution in [0.5, 0.6) is 0 Å². The highest BCUT2D eigenvalue weighted by Gasteiger charge is 2.26. The maximum Gasteiger partial charge on any atom is 0.261 e. The summed E-state index contributed by atoms with van der Waals surface area (Å²) in [5.74, 6) is 1.06. The highest BCUT2D eigenvalue weighted by molar-refractivity contribution is 5.78. The van der Waals surface area contributed by atoms with Crippen LogP contribution in [-0.4, -0.2) is 52.4 Å². The van der Waals surface area contributed by atoms with Crippen LogP contribution in [0.25, 0.3) is 10.9 Å². The van der Waals surface area contributed by atoms with Crippen LogP contribution >= 0.6 is 0 Å². The summed E-state index contributed by atoms with van der Waals surface area (Å²) >= 11 is 0. The van der Waals surface area contributed by atoms with Crippen LogP contribution in [-0.2, 0) is 11.3 Å². The Hall–Kier alpha value is -2.21. The van der Waals surface area contributed by atoms with Gasteiger partial charge in [0.25, 0.3) is 5.56 Å². The summed E-state index contributed by atoms with van der Waals surface area (Å²) in [7, 11) is 3.99. The molecule has 6 heteroatoms. The Balaban J connectivity index is 2.53. The van der Waals surface area contributed by atoms with E-state index in [4.69, 9.17) is 4.98 Å². The fourth-order valence-electron chi connectivity index (χ4n) is 3.39. The number of benzene rings is 1. The van der Waals surface area contributed by atoms with Crippen molar-refractivity contribution >= 4 is 16.8 Å². The summed E-state index contributed by atoms with van der Waals surface area (Å²) in [6.07, 6.45) is 1.32. The van der Waals surface area contributed by atoms with Gasteiger partial charge in [-0.3, -0.25) is 14.2 Å². The molecule has 0 bridgehead atoms. The molecule has 0 fully saturated rings. The van der Waals surface area contributed by atoms with Crippen molar-refractivity contribution in [1.29, 1.82) is 0 Å². The third kappa shape index (κ3) is 5.19. The van der Waals surface area contributed by atoms with Crippen molar-refractivity contribution in [2.45, 2.75) is 53.1 Å². The number of carbonyl (C=O) groups excluding carboxylic acids is 1. The monoisotopic (exact) mass is 386 g/mol. The van der Waals surface area contributed by atoms with Crippen LogP contribution < -0.4 is 5.56 Å². The number of nitrogens with zero attached hydrogens (tertiary/aromatic N) is 4. The van der Waals surface area contributed by atoms with E-state index in [2.05, 4.69) is 4.90 Å². The Kier molecular flexibility index (Phi) is 7.75. The number of amides is 1. The zero-order chi connectivity index (χ0) is 20.8. The molecule has 0 spiro atoms. The molecule has 1 heterocycles. The van der Waals surface area contributed by atoms with Gasteiger partial charge in [0.05, 0.1) is 16.9 Å². The first kappa shape index (κ1) is 22.1.